The van der Waals surface area contributed by atoms with Crippen molar-refractivity contribution in [2.45, 2.75) is 19.2 Å². The molecule has 6 nitrogen and oxygen atoms in total. The summed E-state index contributed by atoms with van der Waals surface area (Å²) >= 11 is 0. The smallest absolute Gasteiger partial charge is 0.419 e. The molecule has 0 radical (unpaired) electrons. The minimum absolute atomic E-state index is 0.147. The Hall–Kier alpha value is -3.31. The van der Waals surface area contributed by atoms with E-state index in [1.165, 1.54) is 19.2 Å². The summed E-state index contributed by atoms with van der Waals surface area (Å²) in [5.41, 5.74) is -3.05. The van der Waals surface area contributed by atoms with Crippen LogP contribution in [0, 0.1) is 5.82 Å². The van der Waals surface area contributed by atoms with Crippen LogP contribution in [-0.2, 0) is 19.8 Å². The van der Waals surface area contributed by atoms with Gasteiger partial charge in [-0.3, -0.25) is 0 Å². The van der Waals surface area contributed by atoms with Crippen LogP contribution in [0.3, 0.4) is 0 Å². The zero-order valence-electron chi connectivity index (χ0n) is 14.6. The fourth-order valence-electron chi connectivity index (χ4n) is 2.62. The third-order valence-corrected chi connectivity index (χ3v) is 3.99. The summed E-state index contributed by atoms with van der Waals surface area (Å²) in [6, 6.07) is 5.11. The van der Waals surface area contributed by atoms with Gasteiger partial charge in [-0.2, -0.15) is 22.5 Å². The first-order chi connectivity index (χ1) is 13.6. The molecule has 0 bridgehead atoms. The number of nitrogens with zero attached hydrogens (tertiary/aromatic N) is 4. The van der Waals surface area contributed by atoms with Crippen LogP contribution in [-0.4, -0.2) is 19.8 Å². The van der Waals surface area contributed by atoms with Crippen molar-refractivity contribution < 1.29 is 31.1 Å². The quantitative estimate of drug-likeness (QED) is 0.594. The van der Waals surface area contributed by atoms with Gasteiger partial charge in [0.05, 0.1) is 11.3 Å². The van der Waals surface area contributed by atoms with Crippen LogP contribution in [0.15, 0.2) is 41.2 Å². The molecule has 0 aliphatic carbocycles. The minimum atomic E-state index is -4.85. The number of halogens is 6. The van der Waals surface area contributed by atoms with Crippen LogP contribution in [0.4, 0.5) is 26.3 Å². The second-order valence-corrected chi connectivity index (χ2v) is 5.87. The third-order valence-electron chi connectivity index (χ3n) is 3.99. The van der Waals surface area contributed by atoms with Gasteiger partial charge in [-0.25, -0.2) is 18.0 Å². The van der Waals surface area contributed by atoms with Gasteiger partial charge >= 0.3 is 11.9 Å². The second kappa shape index (κ2) is 7.60. The monoisotopic (exact) mass is 418 g/mol. The van der Waals surface area contributed by atoms with E-state index in [1.807, 2.05) is 0 Å². The van der Waals surface area contributed by atoms with Crippen LogP contribution < -0.4 is 10.4 Å². The van der Waals surface area contributed by atoms with Crippen molar-refractivity contribution in [1.29, 1.82) is 0 Å². The zero-order chi connectivity index (χ0) is 21.3. The van der Waals surface area contributed by atoms with Gasteiger partial charge in [-0.15, -0.1) is 0 Å². The first-order valence-electron chi connectivity index (χ1n) is 7.98. The van der Waals surface area contributed by atoms with Gasteiger partial charge in [-0.05, 0) is 28.6 Å². The van der Waals surface area contributed by atoms with E-state index >= 15 is 0 Å². The lowest BCUT2D eigenvalue weighted by atomic mass is 10.1. The number of hydrogen-bond donors (Lipinski definition) is 0. The molecule has 0 saturated heterocycles. The van der Waals surface area contributed by atoms with Gasteiger partial charge in [0.25, 0.3) is 6.43 Å². The van der Waals surface area contributed by atoms with Crippen LogP contribution >= 0.6 is 0 Å². The van der Waals surface area contributed by atoms with E-state index in [2.05, 4.69) is 10.4 Å². The van der Waals surface area contributed by atoms with Gasteiger partial charge in [0.2, 0.25) is 0 Å². The summed E-state index contributed by atoms with van der Waals surface area (Å²) in [7, 11) is 1.28. The van der Waals surface area contributed by atoms with Crippen LogP contribution in [0.2, 0.25) is 0 Å². The predicted octanol–water partition coefficient (Wildman–Crippen LogP) is 3.64. The lowest BCUT2D eigenvalue weighted by molar-refractivity contribution is -0.139. The third kappa shape index (κ3) is 4.10. The standard InChI is InChI=1S/C17H12F6N4O2/c1-26-16(28)27(25-24-26)13-4-2-3-10(15(19)20)11(13)8-29-14-7-9(18)5-6-12(14)17(21,22)23/h2-7,15H,8H2,1H3. The number of benzene rings is 2. The number of aryl methyl sites for hydroxylation is 1. The maximum absolute atomic E-state index is 13.5. The van der Waals surface area contributed by atoms with E-state index in [0.717, 1.165) is 10.7 Å². The Balaban J connectivity index is 2.07. The largest absolute Gasteiger partial charge is 0.488 e. The van der Waals surface area contributed by atoms with Crippen molar-refractivity contribution in [3.63, 3.8) is 0 Å². The Morgan fingerprint density at radius 2 is 1.86 bits per heavy atom. The lowest BCUT2D eigenvalue weighted by Gasteiger charge is -2.17. The number of aromatic nitrogens is 4. The molecule has 12 heteroatoms. The number of ether oxygens (including phenoxy) is 1. The fraction of sp³-hybridized carbons (Fsp3) is 0.235. The van der Waals surface area contributed by atoms with Crippen molar-refractivity contribution in [1.82, 2.24) is 19.8 Å². The summed E-state index contributed by atoms with van der Waals surface area (Å²) in [5.74, 6) is -1.88. The predicted molar refractivity (Wildman–Crippen MR) is 87.3 cm³/mol. The van der Waals surface area contributed by atoms with Crippen molar-refractivity contribution in [2.24, 2.45) is 7.05 Å². The lowest BCUT2D eigenvalue weighted by Crippen LogP contribution is -2.23. The Labute approximate surface area is 158 Å². The van der Waals surface area contributed by atoms with Crippen molar-refractivity contribution in [3.05, 3.63) is 69.4 Å². The van der Waals surface area contributed by atoms with E-state index in [0.29, 0.717) is 22.9 Å². The molecular weight excluding hydrogens is 406 g/mol. The molecule has 29 heavy (non-hydrogen) atoms. The zero-order valence-corrected chi connectivity index (χ0v) is 14.6. The van der Waals surface area contributed by atoms with Crippen LogP contribution in [0.1, 0.15) is 23.1 Å². The van der Waals surface area contributed by atoms with Gasteiger partial charge in [-0.1, -0.05) is 12.1 Å². The highest BCUT2D eigenvalue weighted by molar-refractivity contribution is 5.46. The number of alkyl halides is 5. The summed E-state index contributed by atoms with van der Waals surface area (Å²) < 4.78 is 86.4. The summed E-state index contributed by atoms with van der Waals surface area (Å²) in [6.45, 7) is -0.800. The number of hydrogen-bond acceptors (Lipinski definition) is 4. The van der Waals surface area contributed by atoms with E-state index in [1.54, 1.807) is 0 Å². The van der Waals surface area contributed by atoms with Gasteiger partial charge in [0.1, 0.15) is 18.2 Å². The van der Waals surface area contributed by atoms with Crippen LogP contribution in [0.5, 0.6) is 5.75 Å². The molecule has 0 amide bonds. The molecule has 0 spiro atoms. The Morgan fingerprint density at radius 3 is 2.45 bits per heavy atom. The van der Waals surface area contributed by atoms with Gasteiger partial charge in [0.15, 0.2) is 0 Å². The highest BCUT2D eigenvalue weighted by atomic mass is 19.4. The van der Waals surface area contributed by atoms with E-state index in [9.17, 15) is 31.1 Å². The fourth-order valence-corrected chi connectivity index (χ4v) is 2.62. The molecule has 0 saturated carbocycles. The number of rotatable bonds is 5. The molecule has 1 heterocycles. The number of tetrazole rings is 1. The van der Waals surface area contributed by atoms with Gasteiger partial charge in [0, 0.05) is 24.2 Å². The molecule has 0 fully saturated rings. The molecule has 2 aromatic carbocycles. The molecule has 0 unspecified atom stereocenters. The normalized spacial score (nSPS) is 11.9. The average molecular weight is 418 g/mol. The van der Waals surface area contributed by atoms with E-state index in [4.69, 9.17) is 4.74 Å². The maximum Gasteiger partial charge on any atom is 0.419 e. The second-order valence-electron chi connectivity index (χ2n) is 5.87. The van der Waals surface area contributed by atoms with E-state index < -0.39 is 47.6 Å². The first kappa shape index (κ1) is 20.4. The molecule has 0 N–H and O–H groups in total. The molecule has 154 valence electrons. The first-order valence-corrected chi connectivity index (χ1v) is 7.98. The summed E-state index contributed by atoms with van der Waals surface area (Å²) in [5, 5.41) is 7.02. The highest BCUT2D eigenvalue weighted by Gasteiger charge is 2.34. The molecule has 1 aromatic heterocycles. The summed E-state index contributed by atoms with van der Waals surface area (Å²) in [6.07, 6.45) is -7.87. The maximum atomic E-state index is 13.5. The van der Waals surface area contributed by atoms with Crippen molar-refractivity contribution >= 4 is 0 Å². The topological polar surface area (TPSA) is 61.9 Å². The molecular formula is C17H12F6N4O2. The van der Waals surface area contributed by atoms with E-state index in [-0.39, 0.29) is 11.3 Å². The summed E-state index contributed by atoms with van der Waals surface area (Å²) in [4.78, 5) is 12.1. The minimum Gasteiger partial charge on any atom is -0.488 e. The Kier molecular flexibility index (Phi) is 5.36. The van der Waals surface area contributed by atoms with Crippen molar-refractivity contribution in [2.75, 3.05) is 0 Å². The van der Waals surface area contributed by atoms with Gasteiger partial charge < -0.3 is 4.74 Å². The van der Waals surface area contributed by atoms with Crippen molar-refractivity contribution in [3.8, 4) is 11.4 Å². The van der Waals surface area contributed by atoms with Crippen LogP contribution in [0.25, 0.3) is 5.69 Å². The molecule has 0 aliphatic heterocycles. The Morgan fingerprint density at radius 1 is 1.14 bits per heavy atom. The molecule has 3 aromatic rings. The highest BCUT2D eigenvalue weighted by Crippen LogP contribution is 2.37. The molecule has 3 rings (SSSR count). The average Bonchev–Trinajstić information content (AvgIpc) is 2.97. The Bertz CT molecular complexity index is 1090. The molecule has 0 atom stereocenters. The SMILES string of the molecule is Cn1nnn(-c2cccc(C(F)F)c2COc2cc(F)ccc2C(F)(F)F)c1=O. The molecule has 0 aliphatic rings.